The number of hydrogen-bond acceptors (Lipinski definition) is 3. The SMILES string of the molecule is Cc1cc(CNC(=O)N2CCN(Cc3ccc(C)c(C)c3)C(=O)C2)n[nH]1. The molecule has 1 aromatic heterocycles. The second-order valence-corrected chi connectivity index (χ2v) is 6.86. The summed E-state index contributed by atoms with van der Waals surface area (Å²) in [5, 5.41) is 9.74. The third-order valence-electron chi connectivity index (χ3n) is 4.73. The van der Waals surface area contributed by atoms with E-state index in [-0.39, 0.29) is 18.5 Å². The molecule has 7 nitrogen and oxygen atoms in total. The van der Waals surface area contributed by atoms with Gasteiger partial charge in [0, 0.05) is 25.3 Å². The van der Waals surface area contributed by atoms with Crippen LogP contribution in [0.25, 0.3) is 0 Å². The Kier molecular flexibility index (Phi) is 5.25. The summed E-state index contributed by atoms with van der Waals surface area (Å²) in [6, 6.07) is 7.90. The molecule has 0 spiro atoms. The molecule has 2 N–H and O–H groups in total. The number of amides is 3. The second-order valence-electron chi connectivity index (χ2n) is 6.86. The molecule has 1 aliphatic rings. The van der Waals surface area contributed by atoms with Crippen LogP contribution in [0.15, 0.2) is 24.3 Å². The van der Waals surface area contributed by atoms with Crippen molar-refractivity contribution < 1.29 is 9.59 Å². The van der Waals surface area contributed by atoms with Crippen molar-refractivity contribution >= 4 is 11.9 Å². The molecule has 26 heavy (non-hydrogen) atoms. The van der Waals surface area contributed by atoms with E-state index in [1.54, 1.807) is 4.90 Å². The molecule has 1 fully saturated rings. The highest BCUT2D eigenvalue weighted by molar-refractivity contribution is 5.85. The summed E-state index contributed by atoms with van der Waals surface area (Å²) in [6.07, 6.45) is 0. The summed E-state index contributed by atoms with van der Waals surface area (Å²) in [6.45, 7) is 8.17. The van der Waals surface area contributed by atoms with Gasteiger partial charge in [-0.1, -0.05) is 18.2 Å². The first-order chi connectivity index (χ1) is 12.4. The molecule has 1 saturated heterocycles. The molecule has 3 rings (SSSR count). The van der Waals surface area contributed by atoms with E-state index < -0.39 is 0 Å². The fraction of sp³-hybridized carbons (Fsp3) is 0.421. The Labute approximate surface area is 153 Å². The molecule has 0 unspecified atom stereocenters. The first-order valence-electron chi connectivity index (χ1n) is 8.80. The van der Waals surface area contributed by atoms with Crippen LogP contribution in [0, 0.1) is 20.8 Å². The fourth-order valence-corrected chi connectivity index (χ4v) is 3.01. The number of H-pyrrole nitrogens is 1. The lowest BCUT2D eigenvalue weighted by Gasteiger charge is -2.34. The van der Waals surface area contributed by atoms with E-state index in [9.17, 15) is 9.59 Å². The smallest absolute Gasteiger partial charge is 0.318 e. The number of piperazine rings is 1. The minimum atomic E-state index is -0.232. The molecule has 2 heterocycles. The molecule has 7 heteroatoms. The van der Waals surface area contributed by atoms with Crippen molar-refractivity contribution in [2.24, 2.45) is 0 Å². The molecular weight excluding hydrogens is 330 g/mol. The number of aryl methyl sites for hydroxylation is 3. The van der Waals surface area contributed by atoms with E-state index >= 15 is 0 Å². The maximum atomic E-state index is 12.4. The first-order valence-corrected chi connectivity index (χ1v) is 8.80. The summed E-state index contributed by atoms with van der Waals surface area (Å²) in [5.74, 6) is -0.0276. The number of nitrogens with one attached hydrogen (secondary N) is 2. The fourth-order valence-electron chi connectivity index (χ4n) is 3.01. The number of aromatic amines is 1. The normalized spacial score (nSPS) is 14.7. The van der Waals surface area contributed by atoms with Crippen LogP contribution >= 0.6 is 0 Å². The van der Waals surface area contributed by atoms with Crippen molar-refractivity contribution in [1.82, 2.24) is 25.3 Å². The molecular formula is C19H25N5O2. The summed E-state index contributed by atoms with van der Waals surface area (Å²) < 4.78 is 0. The largest absolute Gasteiger partial charge is 0.335 e. The standard InChI is InChI=1S/C19H25N5O2/c1-13-4-5-16(8-14(13)2)11-23-6-7-24(12-18(23)25)19(26)20-10-17-9-15(3)21-22-17/h4-5,8-9H,6-7,10-12H2,1-3H3,(H,20,26)(H,21,22). The van der Waals surface area contributed by atoms with Gasteiger partial charge in [-0.15, -0.1) is 0 Å². The number of rotatable bonds is 4. The summed E-state index contributed by atoms with van der Waals surface area (Å²) in [5.41, 5.74) is 5.31. The van der Waals surface area contributed by atoms with Crippen molar-refractivity contribution in [1.29, 1.82) is 0 Å². The Morgan fingerprint density at radius 1 is 1.19 bits per heavy atom. The summed E-state index contributed by atoms with van der Waals surface area (Å²) in [4.78, 5) is 28.1. The van der Waals surface area contributed by atoms with Gasteiger partial charge in [-0.3, -0.25) is 9.89 Å². The third kappa shape index (κ3) is 4.22. The van der Waals surface area contributed by atoms with Gasteiger partial charge in [0.15, 0.2) is 0 Å². The average Bonchev–Trinajstić information content (AvgIpc) is 3.03. The van der Waals surface area contributed by atoms with Crippen molar-refractivity contribution in [3.8, 4) is 0 Å². The Hall–Kier alpha value is -2.83. The van der Waals surface area contributed by atoms with Gasteiger partial charge in [0.2, 0.25) is 5.91 Å². The van der Waals surface area contributed by atoms with Crippen LogP contribution in [0.1, 0.15) is 28.1 Å². The summed E-state index contributed by atoms with van der Waals surface area (Å²) >= 11 is 0. The zero-order valence-electron chi connectivity index (χ0n) is 15.5. The lowest BCUT2D eigenvalue weighted by Crippen LogP contribution is -2.54. The predicted octanol–water partition coefficient (Wildman–Crippen LogP) is 1.89. The van der Waals surface area contributed by atoms with E-state index in [0.29, 0.717) is 26.2 Å². The molecule has 0 aliphatic carbocycles. The highest BCUT2D eigenvalue weighted by Gasteiger charge is 2.27. The Bertz CT molecular complexity index is 814. The van der Waals surface area contributed by atoms with E-state index in [1.165, 1.54) is 11.1 Å². The number of benzene rings is 1. The van der Waals surface area contributed by atoms with Crippen LogP contribution in [0.4, 0.5) is 4.79 Å². The van der Waals surface area contributed by atoms with Gasteiger partial charge in [-0.2, -0.15) is 5.10 Å². The van der Waals surface area contributed by atoms with Crippen molar-refractivity contribution in [3.63, 3.8) is 0 Å². The van der Waals surface area contributed by atoms with E-state index in [0.717, 1.165) is 17.0 Å². The molecule has 138 valence electrons. The van der Waals surface area contributed by atoms with Crippen LogP contribution in [0.5, 0.6) is 0 Å². The van der Waals surface area contributed by atoms with E-state index in [2.05, 4.69) is 47.6 Å². The monoisotopic (exact) mass is 355 g/mol. The molecule has 0 radical (unpaired) electrons. The number of carbonyl (C=O) groups is 2. The van der Waals surface area contributed by atoms with Crippen LogP contribution in [0.2, 0.25) is 0 Å². The highest BCUT2D eigenvalue weighted by Crippen LogP contribution is 2.14. The van der Waals surface area contributed by atoms with Gasteiger partial charge in [0.25, 0.3) is 0 Å². The first kappa shape index (κ1) is 18.0. The van der Waals surface area contributed by atoms with Crippen molar-refractivity contribution in [2.75, 3.05) is 19.6 Å². The van der Waals surface area contributed by atoms with Crippen molar-refractivity contribution in [2.45, 2.75) is 33.9 Å². The second kappa shape index (κ2) is 7.59. The molecule has 0 bridgehead atoms. The van der Waals surface area contributed by atoms with E-state index in [1.807, 2.05) is 17.9 Å². The highest BCUT2D eigenvalue weighted by atomic mass is 16.2. The van der Waals surface area contributed by atoms with Crippen LogP contribution in [-0.4, -0.2) is 51.6 Å². The maximum Gasteiger partial charge on any atom is 0.318 e. The number of nitrogens with zero attached hydrogens (tertiary/aromatic N) is 3. The molecule has 3 amide bonds. The number of carbonyl (C=O) groups excluding carboxylic acids is 2. The topological polar surface area (TPSA) is 81.3 Å². The molecule has 0 saturated carbocycles. The number of aromatic nitrogens is 2. The van der Waals surface area contributed by atoms with Crippen LogP contribution in [-0.2, 0) is 17.9 Å². The third-order valence-corrected chi connectivity index (χ3v) is 4.73. The molecule has 0 atom stereocenters. The predicted molar refractivity (Wildman–Crippen MR) is 98.5 cm³/mol. The minimum Gasteiger partial charge on any atom is -0.335 e. The Balaban J connectivity index is 1.51. The maximum absolute atomic E-state index is 12.4. The molecule has 1 aliphatic heterocycles. The number of urea groups is 1. The lowest BCUT2D eigenvalue weighted by atomic mass is 10.1. The zero-order chi connectivity index (χ0) is 18.7. The zero-order valence-corrected chi connectivity index (χ0v) is 15.5. The Morgan fingerprint density at radius 2 is 2.00 bits per heavy atom. The van der Waals surface area contributed by atoms with Crippen molar-refractivity contribution in [3.05, 3.63) is 52.3 Å². The quantitative estimate of drug-likeness (QED) is 0.879. The van der Waals surface area contributed by atoms with Gasteiger partial charge >= 0.3 is 6.03 Å². The van der Waals surface area contributed by atoms with Gasteiger partial charge in [0.1, 0.15) is 6.54 Å². The van der Waals surface area contributed by atoms with E-state index in [4.69, 9.17) is 0 Å². The lowest BCUT2D eigenvalue weighted by molar-refractivity contribution is -0.135. The van der Waals surface area contributed by atoms with Gasteiger partial charge < -0.3 is 15.1 Å². The molecule has 2 aromatic rings. The van der Waals surface area contributed by atoms with Gasteiger partial charge in [-0.25, -0.2) is 4.79 Å². The Morgan fingerprint density at radius 3 is 2.65 bits per heavy atom. The van der Waals surface area contributed by atoms with Gasteiger partial charge in [0.05, 0.1) is 12.2 Å². The average molecular weight is 355 g/mol. The van der Waals surface area contributed by atoms with Crippen LogP contribution in [0.3, 0.4) is 0 Å². The molecule has 1 aromatic carbocycles. The minimum absolute atomic E-state index is 0.0276. The number of hydrogen-bond donors (Lipinski definition) is 2. The van der Waals surface area contributed by atoms with Gasteiger partial charge in [-0.05, 0) is 43.5 Å². The summed E-state index contributed by atoms with van der Waals surface area (Å²) in [7, 11) is 0. The van der Waals surface area contributed by atoms with Crippen LogP contribution < -0.4 is 5.32 Å².